The van der Waals surface area contributed by atoms with Crippen LogP contribution in [-0.2, 0) is 0 Å². The van der Waals surface area contributed by atoms with E-state index in [1.54, 1.807) is 30.0 Å². The van der Waals surface area contributed by atoms with Gasteiger partial charge in [-0.15, -0.1) is 11.8 Å². The third-order valence-corrected chi connectivity index (χ3v) is 4.17. The zero-order chi connectivity index (χ0) is 12.3. The Labute approximate surface area is 105 Å². The molecule has 1 rings (SSSR count). The van der Waals surface area contributed by atoms with E-state index in [-0.39, 0.29) is 0 Å². The van der Waals surface area contributed by atoms with Gasteiger partial charge in [0.25, 0.3) is 0 Å². The average molecular weight is 259 g/mol. The maximum atomic E-state index is 11.0. The van der Waals surface area contributed by atoms with Crippen LogP contribution in [0, 0.1) is 5.92 Å². The standard InChI is InChI=1S/C12H15ClO2S/c1-7(2)8(3)16-11-6-9(13)4-5-10(11)12(14)15/h4-8H,1-3H3,(H,14,15). The molecular weight excluding hydrogens is 244 g/mol. The smallest absolute Gasteiger partial charge is 0.336 e. The number of carboxylic acid groups (broad SMARTS) is 1. The molecule has 0 aliphatic heterocycles. The van der Waals surface area contributed by atoms with E-state index in [0.717, 1.165) is 4.90 Å². The van der Waals surface area contributed by atoms with Gasteiger partial charge in [-0.05, 0) is 24.1 Å². The molecule has 0 heterocycles. The highest BCUT2D eigenvalue weighted by Crippen LogP contribution is 2.32. The zero-order valence-corrected chi connectivity index (χ0v) is 11.1. The minimum Gasteiger partial charge on any atom is -0.478 e. The van der Waals surface area contributed by atoms with Gasteiger partial charge in [-0.1, -0.05) is 32.4 Å². The lowest BCUT2D eigenvalue weighted by Gasteiger charge is -2.16. The second kappa shape index (κ2) is 5.60. The van der Waals surface area contributed by atoms with E-state index in [2.05, 4.69) is 20.8 Å². The van der Waals surface area contributed by atoms with Crippen LogP contribution in [0.3, 0.4) is 0 Å². The number of rotatable bonds is 4. The molecule has 2 nitrogen and oxygen atoms in total. The van der Waals surface area contributed by atoms with Crippen LogP contribution >= 0.6 is 23.4 Å². The van der Waals surface area contributed by atoms with Crippen LogP contribution in [0.2, 0.25) is 5.02 Å². The van der Waals surface area contributed by atoms with Gasteiger partial charge in [-0.25, -0.2) is 4.79 Å². The molecule has 0 spiro atoms. The number of carbonyl (C=O) groups is 1. The fourth-order valence-electron chi connectivity index (χ4n) is 1.11. The van der Waals surface area contributed by atoms with Crippen molar-refractivity contribution in [3.63, 3.8) is 0 Å². The average Bonchev–Trinajstić information content (AvgIpc) is 2.16. The number of hydrogen-bond donors (Lipinski definition) is 1. The molecule has 4 heteroatoms. The van der Waals surface area contributed by atoms with E-state index in [4.69, 9.17) is 16.7 Å². The van der Waals surface area contributed by atoms with Crippen molar-refractivity contribution >= 4 is 29.3 Å². The van der Waals surface area contributed by atoms with Gasteiger partial charge in [0.15, 0.2) is 0 Å². The fraction of sp³-hybridized carbons (Fsp3) is 0.417. The van der Waals surface area contributed by atoms with Crippen LogP contribution in [0.15, 0.2) is 23.1 Å². The molecule has 0 aliphatic rings. The van der Waals surface area contributed by atoms with Crippen molar-refractivity contribution in [2.45, 2.75) is 30.9 Å². The van der Waals surface area contributed by atoms with E-state index < -0.39 is 5.97 Å². The molecule has 0 fully saturated rings. The molecule has 16 heavy (non-hydrogen) atoms. The topological polar surface area (TPSA) is 37.3 Å². The monoisotopic (exact) mass is 258 g/mol. The Morgan fingerprint density at radius 3 is 2.50 bits per heavy atom. The molecule has 0 amide bonds. The predicted molar refractivity (Wildman–Crippen MR) is 68.6 cm³/mol. The maximum absolute atomic E-state index is 11.0. The Morgan fingerprint density at radius 2 is 2.00 bits per heavy atom. The summed E-state index contributed by atoms with van der Waals surface area (Å²) < 4.78 is 0. The van der Waals surface area contributed by atoms with Gasteiger partial charge in [0, 0.05) is 15.2 Å². The van der Waals surface area contributed by atoms with Gasteiger partial charge in [0.1, 0.15) is 0 Å². The van der Waals surface area contributed by atoms with Crippen LogP contribution in [0.5, 0.6) is 0 Å². The summed E-state index contributed by atoms with van der Waals surface area (Å²) in [5.41, 5.74) is 0.321. The Balaban J connectivity index is 3.01. The van der Waals surface area contributed by atoms with Gasteiger partial charge in [0.2, 0.25) is 0 Å². The number of thioether (sulfide) groups is 1. The highest BCUT2D eigenvalue weighted by atomic mass is 35.5. The molecule has 0 radical (unpaired) electrons. The molecule has 0 aliphatic carbocycles. The second-order valence-corrected chi connectivity index (χ2v) is 5.87. The van der Waals surface area contributed by atoms with Crippen molar-refractivity contribution in [2.75, 3.05) is 0 Å². The summed E-state index contributed by atoms with van der Waals surface area (Å²) in [4.78, 5) is 11.8. The molecule has 0 saturated carbocycles. The number of aromatic carboxylic acids is 1. The molecule has 88 valence electrons. The fourth-order valence-corrected chi connectivity index (χ4v) is 2.49. The summed E-state index contributed by atoms with van der Waals surface area (Å²) in [6.07, 6.45) is 0. The zero-order valence-electron chi connectivity index (χ0n) is 9.53. The number of carboxylic acids is 1. The SMILES string of the molecule is CC(C)C(C)Sc1cc(Cl)ccc1C(=O)O. The largest absolute Gasteiger partial charge is 0.478 e. The van der Waals surface area contributed by atoms with Crippen molar-refractivity contribution in [3.8, 4) is 0 Å². The molecule has 1 aromatic rings. The van der Waals surface area contributed by atoms with Gasteiger partial charge in [-0.3, -0.25) is 0 Å². The summed E-state index contributed by atoms with van der Waals surface area (Å²) in [6.45, 7) is 6.31. The van der Waals surface area contributed by atoms with Crippen molar-refractivity contribution < 1.29 is 9.90 Å². The molecule has 1 atom stereocenters. The number of benzene rings is 1. The minimum absolute atomic E-state index is 0.321. The Kier molecular flexibility index (Phi) is 4.69. The Morgan fingerprint density at radius 1 is 1.38 bits per heavy atom. The Bertz CT molecular complexity index is 391. The van der Waals surface area contributed by atoms with E-state index >= 15 is 0 Å². The van der Waals surface area contributed by atoms with Gasteiger partial charge >= 0.3 is 5.97 Å². The number of hydrogen-bond acceptors (Lipinski definition) is 2. The van der Waals surface area contributed by atoms with Crippen molar-refractivity contribution in [2.24, 2.45) is 5.92 Å². The van der Waals surface area contributed by atoms with Crippen molar-refractivity contribution in [3.05, 3.63) is 28.8 Å². The van der Waals surface area contributed by atoms with Crippen LogP contribution in [-0.4, -0.2) is 16.3 Å². The molecule has 1 aromatic carbocycles. The molecular formula is C12H15ClO2S. The highest BCUT2D eigenvalue weighted by Gasteiger charge is 2.15. The van der Waals surface area contributed by atoms with E-state index in [1.165, 1.54) is 0 Å². The van der Waals surface area contributed by atoms with Gasteiger partial charge in [0.05, 0.1) is 5.56 Å². The highest BCUT2D eigenvalue weighted by molar-refractivity contribution is 8.00. The van der Waals surface area contributed by atoms with Crippen molar-refractivity contribution in [1.29, 1.82) is 0 Å². The summed E-state index contributed by atoms with van der Waals surface area (Å²) >= 11 is 7.43. The second-order valence-electron chi connectivity index (χ2n) is 4.01. The van der Waals surface area contributed by atoms with E-state index in [9.17, 15) is 4.79 Å². The quantitative estimate of drug-likeness (QED) is 0.824. The molecule has 1 N–H and O–H groups in total. The van der Waals surface area contributed by atoms with Crippen molar-refractivity contribution in [1.82, 2.24) is 0 Å². The van der Waals surface area contributed by atoms with E-state index in [0.29, 0.717) is 21.8 Å². The van der Waals surface area contributed by atoms with Gasteiger partial charge < -0.3 is 5.11 Å². The molecule has 0 aromatic heterocycles. The summed E-state index contributed by atoms with van der Waals surface area (Å²) in [5.74, 6) is -0.416. The normalized spacial score (nSPS) is 12.8. The lowest BCUT2D eigenvalue weighted by molar-refractivity contribution is 0.0693. The predicted octanol–water partition coefficient (Wildman–Crippen LogP) is 4.17. The van der Waals surface area contributed by atoms with Crippen LogP contribution in [0.25, 0.3) is 0 Å². The lowest BCUT2D eigenvalue weighted by atomic mass is 10.2. The number of halogens is 1. The first-order valence-electron chi connectivity index (χ1n) is 5.11. The van der Waals surface area contributed by atoms with E-state index in [1.807, 2.05) is 0 Å². The third kappa shape index (κ3) is 3.42. The minimum atomic E-state index is -0.907. The maximum Gasteiger partial charge on any atom is 0.336 e. The van der Waals surface area contributed by atoms with Crippen LogP contribution in [0.4, 0.5) is 0 Å². The third-order valence-electron chi connectivity index (χ3n) is 2.43. The first kappa shape index (κ1) is 13.4. The summed E-state index contributed by atoms with van der Waals surface area (Å²) in [5, 5.41) is 9.98. The molecule has 1 unspecified atom stereocenters. The van der Waals surface area contributed by atoms with Crippen LogP contribution < -0.4 is 0 Å². The lowest BCUT2D eigenvalue weighted by Crippen LogP contribution is -2.07. The first-order chi connectivity index (χ1) is 7.41. The summed E-state index contributed by atoms with van der Waals surface area (Å²) in [6, 6.07) is 4.88. The molecule has 0 saturated heterocycles. The Hall–Kier alpha value is -0.670. The summed E-state index contributed by atoms with van der Waals surface area (Å²) in [7, 11) is 0. The van der Waals surface area contributed by atoms with Crippen LogP contribution in [0.1, 0.15) is 31.1 Å². The molecule has 0 bridgehead atoms. The first-order valence-corrected chi connectivity index (χ1v) is 6.37. The van der Waals surface area contributed by atoms with Gasteiger partial charge in [-0.2, -0.15) is 0 Å².